The number of halogens is 3. The van der Waals surface area contributed by atoms with Gasteiger partial charge in [-0.1, -0.05) is 6.42 Å². The maximum atomic E-state index is 11.9. The van der Waals surface area contributed by atoms with Crippen LogP contribution in [0, 0.1) is 5.92 Å². The first kappa shape index (κ1) is 13.9. The van der Waals surface area contributed by atoms with Crippen LogP contribution >= 0.6 is 0 Å². The van der Waals surface area contributed by atoms with E-state index in [-0.39, 0.29) is 12.8 Å². The molecule has 0 N–H and O–H groups in total. The molecule has 1 atom stereocenters. The molecule has 1 fully saturated rings. The molecule has 1 aliphatic carbocycles. The number of hydrogen-bond donors (Lipinski definition) is 0. The van der Waals surface area contributed by atoms with Gasteiger partial charge in [0.1, 0.15) is 5.78 Å². The Kier molecular flexibility index (Phi) is 3.80. The van der Waals surface area contributed by atoms with E-state index in [2.05, 4.69) is 4.40 Å². The standard InChI is InChI=1S/C8H10F3NO4S/c9-8(10,11)17(15,16)12-7(14)5-3-1-2-4-6(5)13/h5H,1-4H2,(H,12,14)/p-1. The van der Waals surface area contributed by atoms with Crippen molar-refractivity contribution in [3.8, 4) is 0 Å². The molecule has 0 aliphatic heterocycles. The molecule has 1 rings (SSSR count). The molecule has 1 saturated carbocycles. The van der Waals surface area contributed by atoms with E-state index in [0.29, 0.717) is 12.8 Å². The van der Waals surface area contributed by atoms with Crippen molar-refractivity contribution in [3.05, 3.63) is 0 Å². The van der Waals surface area contributed by atoms with Crippen LogP contribution in [0.3, 0.4) is 0 Å². The fourth-order valence-electron chi connectivity index (χ4n) is 1.48. The van der Waals surface area contributed by atoms with Gasteiger partial charge in [-0.25, -0.2) is 0 Å². The summed E-state index contributed by atoms with van der Waals surface area (Å²) in [7, 11) is -5.85. The summed E-state index contributed by atoms with van der Waals surface area (Å²) in [5.41, 5.74) is -5.61. The number of nitrogens with zero attached hydrogens (tertiary/aromatic N) is 1. The Balaban J connectivity index is 2.96. The van der Waals surface area contributed by atoms with Crippen molar-refractivity contribution >= 4 is 21.7 Å². The molecule has 1 aliphatic rings. The van der Waals surface area contributed by atoms with Crippen molar-refractivity contribution in [2.45, 2.75) is 31.2 Å². The number of carbonyl (C=O) groups is 1. The highest BCUT2D eigenvalue weighted by Gasteiger charge is 2.46. The van der Waals surface area contributed by atoms with Crippen molar-refractivity contribution in [3.63, 3.8) is 0 Å². The van der Waals surface area contributed by atoms with Crippen LogP contribution in [0.15, 0.2) is 4.40 Å². The number of ketones is 1. The number of rotatable bonds is 2. The minimum Gasteiger partial charge on any atom is -0.861 e. The lowest BCUT2D eigenvalue weighted by molar-refractivity contribution is -0.223. The molecule has 0 aromatic carbocycles. The molecule has 0 amide bonds. The largest absolute Gasteiger partial charge is 0.861 e. The Morgan fingerprint density at radius 2 is 1.94 bits per heavy atom. The minimum atomic E-state index is -5.85. The average Bonchev–Trinajstić information content (AvgIpc) is 2.15. The number of alkyl halides is 3. The topological polar surface area (TPSA) is 86.6 Å². The summed E-state index contributed by atoms with van der Waals surface area (Å²) >= 11 is 0. The smallest absolute Gasteiger partial charge is 0.518 e. The van der Waals surface area contributed by atoms with E-state index in [1.165, 1.54) is 0 Å². The van der Waals surface area contributed by atoms with Crippen molar-refractivity contribution in [2.75, 3.05) is 0 Å². The monoisotopic (exact) mass is 272 g/mol. The average molecular weight is 272 g/mol. The van der Waals surface area contributed by atoms with Crippen LogP contribution in [0.25, 0.3) is 0 Å². The lowest BCUT2D eigenvalue weighted by atomic mass is 9.88. The summed E-state index contributed by atoms with van der Waals surface area (Å²) in [6.07, 6.45) is 1.16. The van der Waals surface area contributed by atoms with Gasteiger partial charge in [0.15, 0.2) is 0 Å². The molecule has 0 radical (unpaired) electrons. The summed E-state index contributed by atoms with van der Waals surface area (Å²) in [6.45, 7) is 0. The molecule has 5 nitrogen and oxygen atoms in total. The van der Waals surface area contributed by atoms with Crippen LogP contribution in [0.2, 0.25) is 0 Å². The zero-order valence-electron chi connectivity index (χ0n) is 8.53. The first-order chi connectivity index (χ1) is 7.65. The van der Waals surface area contributed by atoms with Gasteiger partial charge >= 0.3 is 15.5 Å². The van der Waals surface area contributed by atoms with Gasteiger partial charge in [-0.3, -0.25) is 4.79 Å². The van der Waals surface area contributed by atoms with Crippen molar-refractivity contribution in [1.82, 2.24) is 0 Å². The number of Topliss-reactive ketones (excluding diaryl/α,β-unsaturated/α-hetero) is 1. The molecule has 0 saturated heterocycles. The summed E-state index contributed by atoms with van der Waals surface area (Å²) in [4.78, 5) is 11.2. The van der Waals surface area contributed by atoms with E-state index < -0.39 is 33.1 Å². The summed E-state index contributed by atoms with van der Waals surface area (Å²) in [5.74, 6) is -3.42. The Morgan fingerprint density at radius 3 is 2.41 bits per heavy atom. The van der Waals surface area contributed by atoms with Crippen molar-refractivity contribution < 1.29 is 31.5 Å². The zero-order chi connectivity index (χ0) is 13.3. The molecule has 0 aromatic rings. The summed E-state index contributed by atoms with van der Waals surface area (Å²) in [6, 6.07) is 0. The summed E-state index contributed by atoms with van der Waals surface area (Å²) < 4.78 is 59.1. The zero-order valence-corrected chi connectivity index (χ0v) is 9.34. The maximum Gasteiger partial charge on any atom is 0.518 e. The van der Waals surface area contributed by atoms with Crippen LogP contribution in [-0.2, 0) is 14.8 Å². The third-order valence-electron chi connectivity index (χ3n) is 2.36. The molecule has 0 heterocycles. The third-order valence-corrected chi connectivity index (χ3v) is 3.36. The van der Waals surface area contributed by atoms with Gasteiger partial charge in [0.25, 0.3) is 0 Å². The van der Waals surface area contributed by atoms with Gasteiger partial charge in [0, 0.05) is 12.3 Å². The van der Waals surface area contributed by atoms with Gasteiger partial charge in [0.05, 0.1) is 0 Å². The van der Waals surface area contributed by atoms with Gasteiger partial charge in [-0.15, -0.1) is 0 Å². The minimum absolute atomic E-state index is 0.0501. The quantitative estimate of drug-likeness (QED) is 0.536. The fraction of sp³-hybridized carbons (Fsp3) is 0.750. The Hall–Kier alpha value is -1.12. The highest BCUT2D eigenvalue weighted by molar-refractivity contribution is 7.91. The molecule has 0 aromatic heterocycles. The van der Waals surface area contributed by atoms with Crippen LogP contribution < -0.4 is 5.11 Å². The first-order valence-electron chi connectivity index (χ1n) is 4.76. The highest BCUT2D eigenvalue weighted by Crippen LogP contribution is 2.26. The molecule has 17 heavy (non-hydrogen) atoms. The molecular formula is C8H9F3NO4S-. The molecule has 0 spiro atoms. The van der Waals surface area contributed by atoms with Crippen LogP contribution in [0.1, 0.15) is 25.7 Å². The van der Waals surface area contributed by atoms with E-state index in [0.717, 1.165) is 0 Å². The van der Waals surface area contributed by atoms with E-state index in [4.69, 9.17) is 0 Å². The second-order valence-electron chi connectivity index (χ2n) is 3.62. The molecule has 9 heteroatoms. The first-order valence-corrected chi connectivity index (χ1v) is 6.20. The van der Waals surface area contributed by atoms with Gasteiger partial charge in [-0.2, -0.15) is 26.0 Å². The van der Waals surface area contributed by atoms with Crippen LogP contribution in [-0.4, -0.2) is 25.6 Å². The number of carbonyl (C=O) groups excluding carboxylic acids is 1. The van der Waals surface area contributed by atoms with Crippen LogP contribution in [0.4, 0.5) is 13.2 Å². The Labute approximate surface area is 95.4 Å². The highest BCUT2D eigenvalue weighted by atomic mass is 32.2. The predicted octanol–water partition coefficient (Wildman–Crippen LogP) is 0.354. The fourth-order valence-corrected chi connectivity index (χ4v) is 1.95. The maximum absolute atomic E-state index is 11.9. The van der Waals surface area contributed by atoms with E-state index >= 15 is 0 Å². The lowest BCUT2D eigenvalue weighted by Crippen LogP contribution is -2.37. The lowest BCUT2D eigenvalue weighted by Gasteiger charge is -2.25. The van der Waals surface area contributed by atoms with Crippen LogP contribution in [0.5, 0.6) is 0 Å². The third kappa shape index (κ3) is 3.18. The molecule has 98 valence electrons. The van der Waals surface area contributed by atoms with E-state index in [1.54, 1.807) is 0 Å². The summed E-state index contributed by atoms with van der Waals surface area (Å²) in [5, 5.41) is 11.2. The molecular weight excluding hydrogens is 263 g/mol. The number of hydrogen-bond acceptors (Lipinski definition) is 4. The van der Waals surface area contributed by atoms with Crippen molar-refractivity contribution in [1.29, 1.82) is 0 Å². The van der Waals surface area contributed by atoms with Gasteiger partial charge in [0.2, 0.25) is 0 Å². The van der Waals surface area contributed by atoms with Gasteiger partial charge < -0.3 is 5.11 Å². The predicted molar refractivity (Wildman–Crippen MR) is 49.4 cm³/mol. The normalized spacial score (nSPS) is 23.8. The Morgan fingerprint density at radius 1 is 1.35 bits per heavy atom. The van der Waals surface area contributed by atoms with Gasteiger partial charge in [-0.05, 0) is 18.7 Å². The second-order valence-corrected chi connectivity index (χ2v) is 5.21. The van der Waals surface area contributed by atoms with E-state index in [9.17, 15) is 31.5 Å². The SMILES string of the molecule is O=C1CCCCC1/C([O-])=N/S(=O)(=O)C(F)(F)F. The van der Waals surface area contributed by atoms with E-state index in [1.807, 2.05) is 0 Å². The number of sulfonamides is 1. The Bertz CT molecular complexity index is 440. The molecule has 0 bridgehead atoms. The molecule has 1 unspecified atom stereocenters. The second kappa shape index (κ2) is 4.63. The van der Waals surface area contributed by atoms with Crippen molar-refractivity contribution in [2.24, 2.45) is 10.3 Å².